The van der Waals surface area contributed by atoms with Crippen LogP contribution in [0.1, 0.15) is 11.1 Å². The van der Waals surface area contributed by atoms with Gasteiger partial charge in [0.05, 0.1) is 0 Å². The van der Waals surface area contributed by atoms with E-state index < -0.39 is 0 Å². The summed E-state index contributed by atoms with van der Waals surface area (Å²) in [5.41, 5.74) is 2.73. The van der Waals surface area contributed by atoms with Gasteiger partial charge in [0.2, 0.25) is 0 Å². The van der Waals surface area contributed by atoms with E-state index in [0.717, 1.165) is 8.19 Å². The van der Waals surface area contributed by atoms with Gasteiger partial charge in [-0.2, -0.15) is 0 Å². The zero-order valence-corrected chi connectivity index (χ0v) is 5.58. The summed E-state index contributed by atoms with van der Waals surface area (Å²) in [6.07, 6.45) is 0. The van der Waals surface area contributed by atoms with Crippen LogP contribution in [0.4, 0.5) is 0 Å². The third kappa shape index (κ3) is 1.71. The minimum absolute atomic E-state index is 0. The van der Waals surface area contributed by atoms with Crippen molar-refractivity contribution in [2.24, 2.45) is 0 Å². The first-order valence-electron chi connectivity index (χ1n) is 2.33. The molecule has 1 radical (unpaired) electrons. The van der Waals surface area contributed by atoms with E-state index >= 15 is 0 Å². The Bertz CT molecular complexity index is 141. The van der Waals surface area contributed by atoms with Crippen LogP contribution in [0.3, 0.4) is 0 Å². The van der Waals surface area contributed by atoms with Crippen molar-refractivity contribution in [1.82, 2.24) is 0 Å². The third-order valence-electron chi connectivity index (χ3n) is 1.14. The van der Waals surface area contributed by atoms with Crippen molar-refractivity contribution in [2.75, 3.05) is 0 Å². The van der Waals surface area contributed by atoms with E-state index in [1.165, 1.54) is 11.1 Å². The van der Waals surface area contributed by atoms with Gasteiger partial charge in [-0.05, 0) is 30.8 Å². The molecule has 1 atom stereocenters. The zero-order valence-electron chi connectivity index (χ0n) is 4.58. The van der Waals surface area contributed by atoms with Crippen LogP contribution in [0.2, 0.25) is 0 Å². The number of hydrogen-bond donors (Lipinski definition) is 0. The second-order valence-corrected chi connectivity index (χ2v) is 2.55. The Labute approximate surface area is 63.9 Å². The minimum atomic E-state index is 0. The molecule has 0 aliphatic heterocycles. The molecule has 1 unspecified atom stereocenters. The Hall–Kier alpha value is 0.377. The van der Waals surface area contributed by atoms with Crippen molar-refractivity contribution >= 4 is 27.1 Å². The molecule has 0 aliphatic rings. The van der Waals surface area contributed by atoms with E-state index in [0.29, 0.717) is 0 Å². The van der Waals surface area contributed by atoms with Gasteiger partial charge in [-0.1, -0.05) is 0 Å². The fourth-order valence-corrected chi connectivity index (χ4v) is 1.38. The Morgan fingerprint density at radius 1 is 1.50 bits per heavy atom. The van der Waals surface area contributed by atoms with Crippen LogP contribution < -0.4 is 0 Å². The molecule has 0 bridgehead atoms. The molecule has 1 aromatic heterocycles. The van der Waals surface area contributed by atoms with Crippen LogP contribution in [-0.4, -0.2) is 18.9 Å². The van der Waals surface area contributed by atoms with E-state index in [4.69, 9.17) is 0 Å². The van der Waals surface area contributed by atoms with Gasteiger partial charge in [-0.3, -0.25) is 0 Å². The maximum absolute atomic E-state index is 3.22. The van der Waals surface area contributed by atoms with Crippen molar-refractivity contribution in [3.63, 3.8) is 0 Å². The average molecular weight is 119 g/mol. The first kappa shape index (κ1) is 8.38. The zero-order chi connectivity index (χ0) is 5.28. The molecule has 0 fully saturated rings. The van der Waals surface area contributed by atoms with E-state index in [1.54, 1.807) is 0 Å². The van der Waals surface area contributed by atoms with E-state index in [-0.39, 0.29) is 18.9 Å². The molecule has 8 heavy (non-hydrogen) atoms. The number of rotatable bonds is 0. The molecule has 0 saturated carbocycles. The summed E-state index contributed by atoms with van der Waals surface area (Å²) in [5, 5.41) is 0. The predicted octanol–water partition coefficient (Wildman–Crippen LogP) is 1.49. The van der Waals surface area contributed by atoms with Gasteiger partial charge in [0, 0.05) is 5.80 Å². The van der Waals surface area contributed by atoms with E-state index in [2.05, 4.69) is 25.4 Å². The van der Waals surface area contributed by atoms with Crippen molar-refractivity contribution < 1.29 is 0 Å². The second kappa shape index (κ2) is 3.41. The molecular weight excluding hydrogens is 110 g/mol. The fourth-order valence-electron chi connectivity index (χ4n) is 0.459. The molecule has 0 N–H and O–H groups in total. The van der Waals surface area contributed by atoms with Crippen LogP contribution in [-0.2, 0) is 0 Å². The molecule has 1 aromatic rings. The van der Waals surface area contributed by atoms with Crippen LogP contribution in [0.15, 0.2) is 5.80 Å². The summed E-state index contributed by atoms with van der Waals surface area (Å²) in [6, 6.07) is 0. The molecule has 0 aromatic carbocycles. The normalized spacial score (nSPS) is 8.25. The van der Waals surface area contributed by atoms with Crippen LogP contribution in [0, 0.1) is 19.6 Å². The fraction of sp³-hybridized carbons (Fsp3) is 0.333. The summed E-state index contributed by atoms with van der Waals surface area (Å²) in [5.74, 6) is 5.44. The van der Waals surface area contributed by atoms with Gasteiger partial charge in [-0.25, -0.2) is 0 Å². The van der Waals surface area contributed by atoms with Gasteiger partial charge >= 0.3 is 18.9 Å². The van der Waals surface area contributed by atoms with Gasteiger partial charge in [-0.15, -0.1) is 8.19 Å². The molecule has 0 nitrogen and oxygen atoms in total. The topological polar surface area (TPSA) is 0 Å². The van der Waals surface area contributed by atoms with Gasteiger partial charge in [0.25, 0.3) is 0 Å². The molecule has 39 valence electrons. The van der Waals surface area contributed by atoms with Gasteiger partial charge in [0.15, 0.2) is 0 Å². The molecule has 1 rings (SSSR count). The number of aryl methyl sites for hydroxylation is 2. The van der Waals surface area contributed by atoms with E-state index in [1.807, 2.05) is 0 Å². The predicted molar refractivity (Wildman–Crippen MR) is 41.4 cm³/mol. The van der Waals surface area contributed by atoms with Crippen molar-refractivity contribution in [2.45, 2.75) is 13.8 Å². The summed E-state index contributed by atoms with van der Waals surface area (Å²) < 4.78 is 0. The Balaban J connectivity index is 0.000000490. The molecular formula is C6H9LiP. The first-order valence-corrected chi connectivity index (χ1v) is 3.40. The second-order valence-electron chi connectivity index (χ2n) is 1.72. The Morgan fingerprint density at radius 2 is 2.12 bits per heavy atom. The van der Waals surface area contributed by atoms with E-state index in [9.17, 15) is 0 Å². The van der Waals surface area contributed by atoms with Crippen LogP contribution in [0.25, 0.3) is 0 Å². The van der Waals surface area contributed by atoms with Crippen LogP contribution in [0.5, 0.6) is 0 Å². The van der Waals surface area contributed by atoms with Crippen molar-refractivity contribution in [3.05, 3.63) is 22.7 Å². The van der Waals surface area contributed by atoms with Crippen molar-refractivity contribution in [3.8, 4) is 0 Å². The van der Waals surface area contributed by atoms with Gasteiger partial charge < -0.3 is 0 Å². The molecule has 2 heteroatoms. The maximum atomic E-state index is 3.22. The molecule has 0 amide bonds. The standard InChI is InChI=1S/C6H8P.Li.H/c1-5-3-7-4-6(5)2;;/h3,7H,1-2H3;;. The number of hydrogen-bond acceptors (Lipinski definition) is 0. The molecule has 1 heterocycles. The van der Waals surface area contributed by atoms with Crippen molar-refractivity contribution in [1.29, 1.82) is 0 Å². The SMILES string of the molecule is Cc1[c][pH]cc1C.[LiH]. The Kier molecular flexibility index (Phi) is 3.57. The summed E-state index contributed by atoms with van der Waals surface area (Å²) in [6.45, 7) is 4.23. The third-order valence-corrected chi connectivity index (χ3v) is 2.24. The quantitative estimate of drug-likeness (QED) is 0.454. The average Bonchev–Trinajstić information content (AvgIpc) is 1.91. The summed E-state index contributed by atoms with van der Waals surface area (Å²) >= 11 is 0. The first-order chi connectivity index (χ1) is 3.30. The van der Waals surface area contributed by atoms with Crippen LogP contribution >= 0.6 is 8.19 Å². The monoisotopic (exact) mass is 119 g/mol. The summed E-state index contributed by atoms with van der Waals surface area (Å²) in [4.78, 5) is 0. The summed E-state index contributed by atoms with van der Waals surface area (Å²) in [7, 11) is 0.820. The van der Waals surface area contributed by atoms with Gasteiger partial charge in [0.1, 0.15) is 0 Å². The molecule has 0 aliphatic carbocycles. The molecule has 0 spiro atoms. The Morgan fingerprint density at radius 3 is 2.25 bits per heavy atom. The molecule has 0 saturated heterocycles.